The van der Waals surface area contributed by atoms with Gasteiger partial charge in [0.05, 0.1) is 12.2 Å². The summed E-state index contributed by atoms with van der Waals surface area (Å²) in [7, 11) is 1.38. The van der Waals surface area contributed by atoms with Gasteiger partial charge in [-0.2, -0.15) is 0 Å². The van der Waals surface area contributed by atoms with Gasteiger partial charge in [-0.15, -0.1) is 0 Å². The molecule has 0 saturated carbocycles. The van der Waals surface area contributed by atoms with Crippen LogP contribution in [0, 0.1) is 5.92 Å². The molecule has 0 bridgehead atoms. The molecule has 0 radical (unpaired) electrons. The van der Waals surface area contributed by atoms with Crippen molar-refractivity contribution in [2.45, 2.75) is 52.5 Å². The molecule has 3 atom stereocenters. The van der Waals surface area contributed by atoms with Crippen molar-refractivity contribution in [1.82, 2.24) is 9.34 Å². The van der Waals surface area contributed by atoms with Crippen LogP contribution in [0.15, 0.2) is 0 Å². The highest BCUT2D eigenvalue weighted by molar-refractivity contribution is 7.59. The first-order chi connectivity index (χ1) is 8.19. The molecule has 1 aliphatic heterocycles. The van der Waals surface area contributed by atoms with Gasteiger partial charge in [-0.3, -0.25) is 4.57 Å². The first-order valence-corrected chi connectivity index (χ1v) is 8.56. The Kier molecular flexibility index (Phi) is 5.43. The van der Waals surface area contributed by atoms with Crippen molar-refractivity contribution < 1.29 is 9.30 Å². The minimum atomic E-state index is -2.47. The zero-order valence-electron chi connectivity index (χ0n) is 12.9. The third-order valence-corrected chi connectivity index (χ3v) is 7.29. The van der Waals surface area contributed by atoms with Gasteiger partial charge in [0.1, 0.15) is 0 Å². The molecule has 1 saturated heterocycles. The fourth-order valence-corrected chi connectivity index (χ4v) is 5.55. The van der Waals surface area contributed by atoms with E-state index >= 15 is 0 Å². The van der Waals surface area contributed by atoms with Crippen LogP contribution in [0.2, 0.25) is 0 Å². The highest BCUT2D eigenvalue weighted by Crippen LogP contribution is 2.56. The van der Waals surface area contributed by atoms with E-state index < -0.39 is 7.44 Å². The number of hydrogen-bond donors (Lipinski definition) is 0. The molecule has 0 aromatic carbocycles. The summed E-state index contributed by atoms with van der Waals surface area (Å²) >= 11 is 0. The second-order valence-electron chi connectivity index (χ2n) is 6.13. The van der Waals surface area contributed by atoms with E-state index in [4.69, 9.17) is 4.74 Å². The van der Waals surface area contributed by atoms with Gasteiger partial charge in [0.2, 0.25) is 7.44 Å². The first-order valence-electron chi connectivity index (χ1n) is 6.88. The van der Waals surface area contributed by atoms with Crippen LogP contribution in [-0.2, 0) is 9.30 Å². The lowest BCUT2D eigenvalue weighted by atomic mass is 10.1. The Labute approximate surface area is 112 Å². The number of hydrogen-bond acceptors (Lipinski definition) is 2. The van der Waals surface area contributed by atoms with E-state index in [2.05, 4.69) is 25.4 Å². The monoisotopic (exact) mass is 276 g/mol. The Hall–Kier alpha value is 0.110. The summed E-state index contributed by atoms with van der Waals surface area (Å²) in [5.74, 6) is 0.457. The summed E-state index contributed by atoms with van der Waals surface area (Å²) in [5, 5.41) is 0. The molecule has 0 amide bonds. The van der Waals surface area contributed by atoms with Crippen LogP contribution in [0.25, 0.3) is 0 Å². The molecule has 0 aromatic rings. The van der Waals surface area contributed by atoms with E-state index in [-0.39, 0.29) is 17.9 Å². The van der Waals surface area contributed by atoms with Crippen LogP contribution >= 0.6 is 7.44 Å². The third kappa shape index (κ3) is 3.16. The minimum Gasteiger partial charge on any atom is -0.372 e. The molecule has 1 rings (SSSR count). The van der Waals surface area contributed by atoms with E-state index in [9.17, 15) is 4.57 Å². The molecule has 4 nitrogen and oxygen atoms in total. The quantitative estimate of drug-likeness (QED) is 0.739. The van der Waals surface area contributed by atoms with Crippen molar-refractivity contribution >= 4 is 7.44 Å². The summed E-state index contributed by atoms with van der Waals surface area (Å²) in [4.78, 5) is 0. The minimum absolute atomic E-state index is 0.144. The number of nitrogens with zero attached hydrogens (tertiary/aromatic N) is 2. The van der Waals surface area contributed by atoms with Gasteiger partial charge in [-0.25, -0.2) is 9.34 Å². The Morgan fingerprint density at radius 2 is 1.78 bits per heavy atom. The van der Waals surface area contributed by atoms with Crippen LogP contribution in [0.1, 0.15) is 34.6 Å². The van der Waals surface area contributed by atoms with Crippen molar-refractivity contribution in [3.63, 3.8) is 0 Å². The van der Waals surface area contributed by atoms with E-state index in [1.54, 1.807) is 0 Å². The molecule has 0 N–H and O–H groups in total. The Balaban J connectivity index is 2.96. The molecule has 0 aromatic heterocycles. The highest BCUT2D eigenvalue weighted by atomic mass is 31.2. The maximum atomic E-state index is 13.3. The van der Waals surface area contributed by atoms with Crippen LogP contribution in [0.3, 0.4) is 0 Å². The number of rotatable bonds is 4. The van der Waals surface area contributed by atoms with Gasteiger partial charge < -0.3 is 4.74 Å². The Morgan fingerprint density at radius 1 is 1.22 bits per heavy atom. The van der Waals surface area contributed by atoms with E-state index in [1.807, 2.05) is 32.6 Å². The maximum absolute atomic E-state index is 13.3. The highest BCUT2D eigenvalue weighted by Gasteiger charge is 2.41. The van der Waals surface area contributed by atoms with Crippen LogP contribution in [-0.4, -0.2) is 54.4 Å². The van der Waals surface area contributed by atoms with Crippen LogP contribution < -0.4 is 0 Å². The largest absolute Gasteiger partial charge is 0.372 e. The molecule has 3 unspecified atom stereocenters. The number of ether oxygens (including phenoxy) is 1. The molecule has 18 heavy (non-hydrogen) atoms. The average molecular weight is 276 g/mol. The molecular weight excluding hydrogens is 247 g/mol. The second kappa shape index (κ2) is 6.04. The van der Waals surface area contributed by atoms with Crippen molar-refractivity contribution in [1.29, 1.82) is 0 Å². The Morgan fingerprint density at radius 3 is 2.17 bits per heavy atom. The zero-order chi connectivity index (χ0) is 14.1. The van der Waals surface area contributed by atoms with E-state index in [0.29, 0.717) is 5.92 Å². The maximum Gasteiger partial charge on any atom is 0.218 e. The van der Waals surface area contributed by atoms with Gasteiger partial charge in [-0.05, 0) is 26.9 Å². The lowest BCUT2D eigenvalue weighted by Gasteiger charge is -2.45. The first kappa shape index (κ1) is 16.2. The standard InChI is InChI=1S/C13H29N2O2P/c1-10(2)13-9-15(8-12(5)17-13)18(16,11(3)4)14(6)7/h10-13H,8-9H2,1-7H3. The van der Waals surface area contributed by atoms with E-state index in [0.717, 1.165) is 13.1 Å². The predicted octanol–water partition coefficient (Wildman–Crippen LogP) is 2.89. The fraction of sp³-hybridized carbons (Fsp3) is 1.00. The molecule has 1 aliphatic rings. The molecule has 108 valence electrons. The molecule has 0 spiro atoms. The summed E-state index contributed by atoms with van der Waals surface area (Å²) in [5.41, 5.74) is 0.144. The molecular formula is C13H29N2O2P. The summed E-state index contributed by atoms with van der Waals surface area (Å²) in [6.45, 7) is 12.0. The third-order valence-electron chi connectivity index (χ3n) is 3.66. The van der Waals surface area contributed by atoms with Crippen LogP contribution in [0.5, 0.6) is 0 Å². The molecule has 5 heteroatoms. The van der Waals surface area contributed by atoms with E-state index in [1.165, 1.54) is 0 Å². The predicted molar refractivity (Wildman–Crippen MR) is 77.2 cm³/mol. The Bertz CT molecular complexity index is 306. The fourth-order valence-electron chi connectivity index (χ4n) is 2.61. The van der Waals surface area contributed by atoms with Crippen molar-refractivity contribution in [3.8, 4) is 0 Å². The average Bonchev–Trinajstić information content (AvgIpc) is 2.26. The van der Waals surface area contributed by atoms with Crippen molar-refractivity contribution in [2.75, 3.05) is 27.2 Å². The van der Waals surface area contributed by atoms with Gasteiger partial charge in [0.15, 0.2) is 0 Å². The second-order valence-corrected chi connectivity index (χ2v) is 9.71. The normalized spacial score (nSPS) is 30.1. The number of morpholine rings is 1. The van der Waals surface area contributed by atoms with Crippen molar-refractivity contribution in [3.05, 3.63) is 0 Å². The zero-order valence-corrected chi connectivity index (χ0v) is 13.8. The topological polar surface area (TPSA) is 32.8 Å². The van der Waals surface area contributed by atoms with Gasteiger partial charge >= 0.3 is 0 Å². The summed E-state index contributed by atoms with van der Waals surface area (Å²) in [6.07, 6.45) is 0.332. The SMILES string of the molecule is CC1CN(P(=O)(C(C)C)N(C)C)CC(C(C)C)O1. The lowest BCUT2D eigenvalue weighted by molar-refractivity contribution is -0.0760. The lowest BCUT2D eigenvalue weighted by Crippen LogP contribution is -2.49. The van der Waals surface area contributed by atoms with Gasteiger partial charge in [-0.1, -0.05) is 27.7 Å². The van der Waals surface area contributed by atoms with Crippen LogP contribution in [0.4, 0.5) is 0 Å². The molecule has 1 heterocycles. The molecule has 0 aliphatic carbocycles. The van der Waals surface area contributed by atoms with Gasteiger partial charge in [0.25, 0.3) is 0 Å². The van der Waals surface area contributed by atoms with Crippen molar-refractivity contribution in [2.24, 2.45) is 5.92 Å². The molecule has 1 fully saturated rings. The van der Waals surface area contributed by atoms with Gasteiger partial charge in [0, 0.05) is 18.7 Å². The summed E-state index contributed by atoms with van der Waals surface area (Å²) < 4.78 is 23.3. The summed E-state index contributed by atoms with van der Waals surface area (Å²) in [6, 6.07) is 0. The smallest absolute Gasteiger partial charge is 0.218 e.